The minimum Gasteiger partial charge on any atom is -0.361 e. The van der Waals surface area contributed by atoms with Crippen LogP contribution < -0.4 is 16.0 Å². The van der Waals surface area contributed by atoms with Crippen LogP contribution in [0.5, 0.6) is 0 Å². The molecule has 0 fully saturated rings. The fourth-order valence-corrected chi connectivity index (χ4v) is 3.44. The number of halogens is 1. The molecule has 150 valence electrons. The second-order valence-corrected chi connectivity index (χ2v) is 7.38. The average molecular weight is 412 g/mol. The second kappa shape index (κ2) is 9.79. The SMILES string of the molecule is Cc1ccccc1C(=O)c1cnc(NCCCNC(=O)Nc2cccc(F)c2)s1. The molecule has 0 aliphatic carbocycles. The number of hydrogen-bond acceptors (Lipinski definition) is 5. The maximum Gasteiger partial charge on any atom is 0.319 e. The number of carbonyl (C=O) groups excluding carboxylic acids is 2. The van der Waals surface area contributed by atoms with Crippen LogP contribution >= 0.6 is 11.3 Å². The van der Waals surface area contributed by atoms with Crippen LogP contribution in [0.4, 0.5) is 20.0 Å². The van der Waals surface area contributed by atoms with Crippen molar-refractivity contribution in [1.82, 2.24) is 10.3 Å². The Bertz CT molecular complexity index is 1010. The highest BCUT2D eigenvalue weighted by Gasteiger charge is 2.14. The predicted molar refractivity (Wildman–Crippen MR) is 113 cm³/mol. The van der Waals surface area contributed by atoms with Gasteiger partial charge in [-0.05, 0) is 37.1 Å². The zero-order valence-electron chi connectivity index (χ0n) is 15.9. The van der Waals surface area contributed by atoms with Crippen LogP contribution in [0.25, 0.3) is 0 Å². The van der Waals surface area contributed by atoms with Crippen molar-refractivity contribution < 1.29 is 14.0 Å². The van der Waals surface area contributed by atoms with Crippen molar-refractivity contribution in [2.75, 3.05) is 23.7 Å². The number of carbonyl (C=O) groups is 2. The standard InChI is InChI=1S/C21H21FN4O2S/c1-14-6-2-3-9-17(14)19(27)18-13-25-21(29-18)24-11-5-10-23-20(28)26-16-8-4-7-15(22)12-16/h2-4,6-9,12-13H,5,10-11H2,1H3,(H,24,25)(H2,23,26,28). The number of hydrogen-bond donors (Lipinski definition) is 3. The summed E-state index contributed by atoms with van der Waals surface area (Å²) in [6.07, 6.45) is 2.24. The highest BCUT2D eigenvalue weighted by molar-refractivity contribution is 7.17. The Morgan fingerprint density at radius 1 is 1.10 bits per heavy atom. The fourth-order valence-electron chi connectivity index (χ4n) is 2.65. The lowest BCUT2D eigenvalue weighted by Crippen LogP contribution is -2.30. The Kier molecular flexibility index (Phi) is 6.91. The summed E-state index contributed by atoms with van der Waals surface area (Å²) in [5.74, 6) is -0.444. The minimum absolute atomic E-state index is 0.0377. The highest BCUT2D eigenvalue weighted by atomic mass is 32.1. The van der Waals surface area contributed by atoms with Crippen molar-refractivity contribution in [3.63, 3.8) is 0 Å². The first-order valence-electron chi connectivity index (χ1n) is 9.13. The predicted octanol–water partition coefficient (Wildman–Crippen LogP) is 4.45. The van der Waals surface area contributed by atoms with Crippen LogP contribution in [0.2, 0.25) is 0 Å². The van der Waals surface area contributed by atoms with Crippen LogP contribution in [0.3, 0.4) is 0 Å². The van der Waals surface area contributed by atoms with Crippen molar-refractivity contribution in [2.24, 2.45) is 0 Å². The lowest BCUT2D eigenvalue weighted by Gasteiger charge is -2.08. The first-order chi connectivity index (χ1) is 14.0. The molecule has 0 saturated carbocycles. The molecule has 0 bridgehead atoms. The second-order valence-electron chi connectivity index (χ2n) is 6.35. The first-order valence-corrected chi connectivity index (χ1v) is 9.95. The largest absolute Gasteiger partial charge is 0.361 e. The molecule has 0 radical (unpaired) electrons. The molecule has 0 spiro atoms. The van der Waals surface area contributed by atoms with Gasteiger partial charge in [-0.15, -0.1) is 0 Å². The Morgan fingerprint density at radius 2 is 1.93 bits per heavy atom. The molecule has 1 aromatic heterocycles. The maximum absolute atomic E-state index is 13.1. The summed E-state index contributed by atoms with van der Waals surface area (Å²) >= 11 is 1.31. The van der Waals surface area contributed by atoms with E-state index >= 15 is 0 Å². The molecule has 8 heteroatoms. The number of nitrogens with zero attached hydrogens (tertiary/aromatic N) is 1. The number of urea groups is 1. The molecule has 2 amide bonds. The number of nitrogens with one attached hydrogen (secondary N) is 3. The van der Waals surface area contributed by atoms with E-state index in [0.29, 0.717) is 40.8 Å². The van der Waals surface area contributed by atoms with Gasteiger partial charge in [-0.25, -0.2) is 14.2 Å². The molecular formula is C21H21FN4O2S. The number of benzene rings is 2. The Balaban J connectivity index is 1.40. The van der Waals surface area contributed by atoms with Gasteiger partial charge in [-0.1, -0.05) is 41.7 Å². The van der Waals surface area contributed by atoms with Crippen molar-refractivity contribution in [3.05, 3.63) is 76.5 Å². The number of amides is 2. The van der Waals surface area contributed by atoms with E-state index in [1.807, 2.05) is 31.2 Å². The summed E-state index contributed by atoms with van der Waals surface area (Å²) in [7, 11) is 0. The number of aryl methyl sites for hydroxylation is 1. The first kappa shape index (κ1) is 20.5. The molecule has 0 aliphatic heterocycles. The molecule has 0 atom stereocenters. The lowest BCUT2D eigenvalue weighted by atomic mass is 10.0. The van der Waals surface area contributed by atoms with Gasteiger partial charge in [-0.2, -0.15) is 0 Å². The lowest BCUT2D eigenvalue weighted by molar-refractivity contribution is 0.104. The number of thiazole rings is 1. The molecule has 0 unspecified atom stereocenters. The van der Waals surface area contributed by atoms with Crippen LogP contribution in [0, 0.1) is 12.7 Å². The van der Waals surface area contributed by atoms with Crippen LogP contribution in [-0.4, -0.2) is 29.9 Å². The molecule has 6 nitrogen and oxygen atoms in total. The number of aromatic nitrogens is 1. The zero-order valence-corrected chi connectivity index (χ0v) is 16.7. The summed E-state index contributed by atoms with van der Waals surface area (Å²) in [5.41, 5.74) is 2.01. The summed E-state index contributed by atoms with van der Waals surface area (Å²) in [6, 6.07) is 12.8. The van der Waals surface area contributed by atoms with Gasteiger partial charge in [0.2, 0.25) is 5.78 Å². The van der Waals surface area contributed by atoms with E-state index < -0.39 is 11.8 Å². The van der Waals surface area contributed by atoms with Gasteiger partial charge in [0.25, 0.3) is 0 Å². The van der Waals surface area contributed by atoms with E-state index in [1.54, 1.807) is 12.3 Å². The van der Waals surface area contributed by atoms with E-state index in [-0.39, 0.29) is 5.78 Å². The molecule has 2 aromatic carbocycles. The van der Waals surface area contributed by atoms with Gasteiger partial charge >= 0.3 is 6.03 Å². The molecule has 0 saturated heterocycles. The number of anilines is 2. The quantitative estimate of drug-likeness (QED) is 0.377. The normalized spacial score (nSPS) is 10.4. The van der Waals surface area contributed by atoms with Crippen molar-refractivity contribution in [3.8, 4) is 0 Å². The van der Waals surface area contributed by atoms with Gasteiger partial charge in [0.05, 0.1) is 11.1 Å². The van der Waals surface area contributed by atoms with Crippen molar-refractivity contribution in [1.29, 1.82) is 0 Å². The molecule has 29 heavy (non-hydrogen) atoms. The van der Waals surface area contributed by atoms with Crippen LogP contribution in [0.15, 0.2) is 54.7 Å². The third kappa shape index (κ3) is 5.86. The Labute approximate surface area is 172 Å². The van der Waals surface area contributed by atoms with E-state index in [0.717, 1.165) is 5.56 Å². The molecule has 3 aromatic rings. The van der Waals surface area contributed by atoms with Crippen molar-refractivity contribution in [2.45, 2.75) is 13.3 Å². The zero-order chi connectivity index (χ0) is 20.6. The summed E-state index contributed by atoms with van der Waals surface area (Å²) < 4.78 is 13.1. The molecule has 1 heterocycles. The van der Waals surface area contributed by atoms with E-state index in [9.17, 15) is 14.0 Å². The summed E-state index contributed by atoms with van der Waals surface area (Å²) in [6.45, 7) is 2.94. The third-order valence-electron chi connectivity index (χ3n) is 4.12. The Hall–Kier alpha value is -3.26. The summed E-state index contributed by atoms with van der Waals surface area (Å²) in [4.78, 5) is 29.2. The smallest absolute Gasteiger partial charge is 0.319 e. The molecule has 0 aliphatic rings. The summed E-state index contributed by atoms with van der Waals surface area (Å²) in [5, 5.41) is 9.08. The number of ketones is 1. The average Bonchev–Trinajstić information content (AvgIpc) is 3.16. The van der Waals surface area contributed by atoms with E-state index in [1.165, 1.54) is 29.5 Å². The monoisotopic (exact) mass is 412 g/mol. The maximum atomic E-state index is 13.1. The minimum atomic E-state index is -0.407. The van der Waals surface area contributed by atoms with Crippen LogP contribution in [-0.2, 0) is 0 Å². The van der Waals surface area contributed by atoms with Gasteiger partial charge in [0, 0.05) is 24.3 Å². The molecule has 3 N–H and O–H groups in total. The van der Waals surface area contributed by atoms with Gasteiger partial charge in [0.15, 0.2) is 5.13 Å². The van der Waals surface area contributed by atoms with Gasteiger partial charge in [-0.3, -0.25) is 4.79 Å². The van der Waals surface area contributed by atoms with Crippen LogP contribution in [0.1, 0.15) is 27.2 Å². The molecular weight excluding hydrogens is 391 g/mol. The van der Waals surface area contributed by atoms with Crippen molar-refractivity contribution >= 4 is 34.0 Å². The topological polar surface area (TPSA) is 83.1 Å². The molecule has 3 rings (SSSR count). The number of rotatable bonds is 8. The van der Waals surface area contributed by atoms with E-state index in [2.05, 4.69) is 20.9 Å². The van der Waals surface area contributed by atoms with Gasteiger partial charge in [0.1, 0.15) is 5.82 Å². The van der Waals surface area contributed by atoms with E-state index in [4.69, 9.17) is 0 Å². The highest BCUT2D eigenvalue weighted by Crippen LogP contribution is 2.22. The third-order valence-corrected chi connectivity index (χ3v) is 5.07. The van der Waals surface area contributed by atoms with Gasteiger partial charge < -0.3 is 16.0 Å². The fraction of sp³-hybridized carbons (Fsp3) is 0.190. The Morgan fingerprint density at radius 3 is 2.72 bits per heavy atom.